The normalized spacial score (nSPS) is 17.5. The van der Waals surface area contributed by atoms with E-state index >= 15 is 0 Å². The zero-order valence-corrected chi connectivity index (χ0v) is 18.3. The summed E-state index contributed by atoms with van der Waals surface area (Å²) >= 11 is 0. The number of piperazine rings is 1. The van der Waals surface area contributed by atoms with E-state index in [9.17, 15) is 4.79 Å². The van der Waals surface area contributed by atoms with E-state index in [0.29, 0.717) is 12.1 Å². The third-order valence-corrected chi connectivity index (χ3v) is 6.28. The summed E-state index contributed by atoms with van der Waals surface area (Å²) in [5, 5.41) is 12.0. The van der Waals surface area contributed by atoms with Gasteiger partial charge in [0.1, 0.15) is 0 Å². The number of anilines is 2. The molecule has 0 saturated carbocycles. The summed E-state index contributed by atoms with van der Waals surface area (Å²) in [6, 6.07) is 16.3. The maximum absolute atomic E-state index is 12.6. The summed E-state index contributed by atoms with van der Waals surface area (Å²) in [6.07, 6.45) is 2.52. The molecule has 0 unspecified atom stereocenters. The van der Waals surface area contributed by atoms with Crippen molar-refractivity contribution in [2.75, 3.05) is 56.0 Å². The molecule has 2 aliphatic heterocycles. The Morgan fingerprint density at radius 1 is 0.968 bits per heavy atom. The van der Waals surface area contributed by atoms with Crippen molar-refractivity contribution in [1.82, 2.24) is 9.80 Å². The smallest absolute Gasteiger partial charge is 0.238 e. The molecule has 1 amide bonds. The van der Waals surface area contributed by atoms with E-state index in [1.807, 2.05) is 30.3 Å². The Hall–Kier alpha value is -2.88. The fraction of sp³-hybridized carbons (Fsp3) is 0.440. The van der Waals surface area contributed by atoms with Gasteiger partial charge in [-0.25, -0.2) is 0 Å². The Kier molecular flexibility index (Phi) is 6.86. The molecule has 2 heterocycles. The van der Waals surface area contributed by atoms with E-state index in [1.54, 1.807) is 0 Å². The highest BCUT2D eigenvalue weighted by Crippen LogP contribution is 2.25. The SMILES string of the molecule is Cc1cc(N2CCCC2)ccc1NC(=O)CN1CCN(Cc2ccc(C#N)cc2)CC1. The van der Waals surface area contributed by atoms with Gasteiger partial charge in [-0.1, -0.05) is 12.1 Å². The molecule has 0 aromatic heterocycles. The van der Waals surface area contributed by atoms with Crippen LogP contribution in [0.2, 0.25) is 0 Å². The topological polar surface area (TPSA) is 62.6 Å². The van der Waals surface area contributed by atoms with Crippen molar-refractivity contribution in [1.29, 1.82) is 5.26 Å². The van der Waals surface area contributed by atoms with Gasteiger partial charge in [0.05, 0.1) is 18.2 Å². The van der Waals surface area contributed by atoms with Crippen LogP contribution in [0.3, 0.4) is 0 Å². The number of hydrogen-bond acceptors (Lipinski definition) is 5. The fourth-order valence-corrected chi connectivity index (χ4v) is 4.40. The van der Waals surface area contributed by atoms with Gasteiger partial charge in [-0.05, 0) is 61.2 Å². The second-order valence-corrected chi connectivity index (χ2v) is 8.60. The molecule has 6 nitrogen and oxygen atoms in total. The third kappa shape index (κ3) is 5.63. The van der Waals surface area contributed by atoms with Crippen molar-refractivity contribution in [3.8, 4) is 6.07 Å². The van der Waals surface area contributed by atoms with E-state index in [-0.39, 0.29) is 5.91 Å². The average Bonchev–Trinajstić information content (AvgIpc) is 3.32. The molecule has 2 aromatic rings. The zero-order valence-electron chi connectivity index (χ0n) is 18.3. The summed E-state index contributed by atoms with van der Waals surface area (Å²) in [6.45, 7) is 9.29. The highest BCUT2D eigenvalue weighted by molar-refractivity contribution is 5.93. The van der Waals surface area contributed by atoms with Crippen molar-refractivity contribution in [3.05, 3.63) is 59.2 Å². The van der Waals surface area contributed by atoms with Gasteiger partial charge >= 0.3 is 0 Å². The van der Waals surface area contributed by atoms with Crippen molar-refractivity contribution in [2.45, 2.75) is 26.3 Å². The second kappa shape index (κ2) is 9.95. The Morgan fingerprint density at radius 2 is 1.65 bits per heavy atom. The number of nitrogens with one attached hydrogen (secondary N) is 1. The minimum absolute atomic E-state index is 0.0533. The summed E-state index contributed by atoms with van der Waals surface area (Å²) in [5.41, 5.74) is 5.20. The molecule has 0 radical (unpaired) electrons. The first-order valence-corrected chi connectivity index (χ1v) is 11.2. The number of carbonyl (C=O) groups is 1. The molecule has 6 heteroatoms. The Balaban J connectivity index is 1.23. The Bertz CT molecular complexity index is 935. The molecule has 2 aliphatic rings. The molecule has 2 saturated heterocycles. The lowest BCUT2D eigenvalue weighted by molar-refractivity contribution is -0.117. The van der Waals surface area contributed by atoms with Crippen LogP contribution in [0, 0.1) is 18.3 Å². The summed E-state index contributed by atoms with van der Waals surface area (Å²) in [4.78, 5) is 19.6. The van der Waals surface area contributed by atoms with Crippen molar-refractivity contribution >= 4 is 17.3 Å². The molecular formula is C25H31N5O. The minimum atomic E-state index is 0.0533. The number of hydrogen-bond donors (Lipinski definition) is 1. The molecule has 2 fully saturated rings. The van der Waals surface area contributed by atoms with Crippen LogP contribution in [0.15, 0.2) is 42.5 Å². The molecule has 0 atom stereocenters. The van der Waals surface area contributed by atoms with Gasteiger partial charge < -0.3 is 10.2 Å². The second-order valence-electron chi connectivity index (χ2n) is 8.60. The number of amides is 1. The molecule has 4 rings (SSSR count). The predicted molar refractivity (Wildman–Crippen MR) is 124 cm³/mol. The van der Waals surface area contributed by atoms with Crippen molar-refractivity contribution < 1.29 is 4.79 Å². The molecule has 0 spiro atoms. The highest BCUT2D eigenvalue weighted by atomic mass is 16.2. The van der Waals surface area contributed by atoms with Gasteiger partial charge in [-0.15, -0.1) is 0 Å². The molecule has 2 aromatic carbocycles. The first kappa shape index (κ1) is 21.4. The number of benzene rings is 2. The minimum Gasteiger partial charge on any atom is -0.372 e. The largest absolute Gasteiger partial charge is 0.372 e. The first-order chi connectivity index (χ1) is 15.1. The average molecular weight is 418 g/mol. The molecule has 31 heavy (non-hydrogen) atoms. The Morgan fingerprint density at radius 3 is 2.29 bits per heavy atom. The van der Waals surface area contributed by atoms with Gasteiger partial charge in [0, 0.05) is 57.2 Å². The zero-order chi connectivity index (χ0) is 21.6. The number of nitrogens with zero attached hydrogens (tertiary/aromatic N) is 4. The fourth-order valence-electron chi connectivity index (χ4n) is 4.40. The van der Waals surface area contributed by atoms with Crippen molar-refractivity contribution in [3.63, 3.8) is 0 Å². The van der Waals surface area contributed by atoms with Gasteiger partial charge in [0.15, 0.2) is 0 Å². The molecule has 162 valence electrons. The number of rotatable bonds is 6. The number of carbonyl (C=O) groups excluding carboxylic acids is 1. The summed E-state index contributed by atoms with van der Waals surface area (Å²) in [5.74, 6) is 0.0533. The maximum Gasteiger partial charge on any atom is 0.238 e. The molecule has 0 aliphatic carbocycles. The highest BCUT2D eigenvalue weighted by Gasteiger charge is 2.20. The van der Waals surface area contributed by atoms with E-state index < -0.39 is 0 Å². The van der Waals surface area contributed by atoms with Gasteiger partial charge in [-0.2, -0.15) is 5.26 Å². The number of nitriles is 1. The van der Waals surface area contributed by atoms with E-state index in [2.05, 4.69) is 45.1 Å². The van der Waals surface area contributed by atoms with Crippen LogP contribution in [0.1, 0.15) is 29.5 Å². The Labute approximate surface area is 185 Å². The number of aryl methyl sites for hydroxylation is 1. The van der Waals surface area contributed by atoms with Crippen LogP contribution in [0.25, 0.3) is 0 Å². The molecule has 1 N–H and O–H groups in total. The quantitative estimate of drug-likeness (QED) is 0.782. The summed E-state index contributed by atoms with van der Waals surface area (Å²) < 4.78 is 0. The summed E-state index contributed by atoms with van der Waals surface area (Å²) in [7, 11) is 0. The van der Waals surface area contributed by atoms with Crippen LogP contribution in [-0.4, -0.2) is 61.5 Å². The standard InChI is InChI=1S/C25H31N5O/c1-20-16-23(30-10-2-3-11-30)8-9-24(20)27-25(31)19-29-14-12-28(13-15-29)18-22-6-4-21(17-26)5-7-22/h4-9,16H,2-3,10-15,18-19H2,1H3,(H,27,31). The van der Waals surface area contributed by atoms with Crippen LogP contribution in [0.5, 0.6) is 0 Å². The molecule has 0 bridgehead atoms. The third-order valence-electron chi connectivity index (χ3n) is 6.28. The lowest BCUT2D eigenvalue weighted by atomic mass is 10.1. The van der Waals surface area contributed by atoms with Crippen LogP contribution in [0.4, 0.5) is 11.4 Å². The van der Waals surface area contributed by atoms with E-state index in [0.717, 1.165) is 57.1 Å². The predicted octanol–water partition coefficient (Wildman–Crippen LogP) is 3.22. The first-order valence-electron chi connectivity index (χ1n) is 11.2. The lowest BCUT2D eigenvalue weighted by Crippen LogP contribution is -2.48. The van der Waals surface area contributed by atoms with Gasteiger partial charge in [-0.3, -0.25) is 14.6 Å². The van der Waals surface area contributed by atoms with E-state index in [4.69, 9.17) is 5.26 Å². The van der Waals surface area contributed by atoms with Crippen LogP contribution >= 0.6 is 0 Å². The van der Waals surface area contributed by atoms with Gasteiger partial charge in [0.25, 0.3) is 0 Å². The lowest BCUT2D eigenvalue weighted by Gasteiger charge is -2.34. The van der Waals surface area contributed by atoms with Crippen LogP contribution in [-0.2, 0) is 11.3 Å². The van der Waals surface area contributed by atoms with Crippen LogP contribution < -0.4 is 10.2 Å². The maximum atomic E-state index is 12.6. The monoisotopic (exact) mass is 417 g/mol. The van der Waals surface area contributed by atoms with E-state index in [1.165, 1.54) is 24.1 Å². The van der Waals surface area contributed by atoms with Crippen molar-refractivity contribution in [2.24, 2.45) is 0 Å². The molecular weight excluding hydrogens is 386 g/mol. The van der Waals surface area contributed by atoms with Gasteiger partial charge in [0.2, 0.25) is 5.91 Å².